The molecule has 1 amide bonds. The number of ether oxygens (including phenoxy) is 1. The van der Waals surface area contributed by atoms with E-state index < -0.39 is 5.60 Å². The fourth-order valence-electron chi connectivity index (χ4n) is 4.74. The number of hydrogen-bond donors (Lipinski definition) is 2. The standard InChI is InChI=1S/C27H31ClN2O3/c1-16(2)15-30-25(31)19-9-7-18(8-10-19)21-13-17(3)20(14-22(21)28)23-24(29)27(33-26(23)32)11-5-4-6-12-27/h7-10,13-14,16H,4-6,11-12,15,29H2,1-3H3,(H,30,31). The number of hydrogen-bond acceptors (Lipinski definition) is 4. The van der Waals surface area contributed by atoms with Gasteiger partial charge >= 0.3 is 5.97 Å². The molecule has 0 bridgehead atoms. The van der Waals surface area contributed by atoms with Crippen molar-refractivity contribution in [3.63, 3.8) is 0 Å². The maximum Gasteiger partial charge on any atom is 0.341 e. The highest BCUT2D eigenvalue weighted by Gasteiger charge is 2.47. The second kappa shape index (κ2) is 9.22. The van der Waals surface area contributed by atoms with E-state index in [0.717, 1.165) is 54.4 Å². The van der Waals surface area contributed by atoms with Gasteiger partial charge in [-0.25, -0.2) is 4.79 Å². The van der Waals surface area contributed by atoms with Gasteiger partial charge in [0.05, 0.1) is 11.3 Å². The van der Waals surface area contributed by atoms with Crippen LogP contribution in [0, 0.1) is 12.8 Å². The van der Waals surface area contributed by atoms with Gasteiger partial charge in [0.25, 0.3) is 5.91 Å². The predicted molar refractivity (Wildman–Crippen MR) is 132 cm³/mol. The van der Waals surface area contributed by atoms with Crippen molar-refractivity contribution in [2.45, 2.75) is 58.5 Å². The van der Waals surface area contributed by atoms with Crippen LogP contribution in [0.4, 0.5) is 0 Å². The fraction of sp³-hybridized carbons (Fsp3) is 0.407. The summed E-state index contributed by atoms with van der Waals surface area (Å²) in [6.07, 6.45) is 4.70. The Morgan fingerprint density at radius 3 is 2.42 bits per heavy atom. The summed E-state index contributed by atoms with van der Waals surface area (Å²) in [7, 11) is 0. The Bertz CT molecular complexity index is 1110. The van der Waals surface area contributed by atoms with Gasteiger partial charge in [-0.05, 0) is 79.5 Å². The summed E-state index contributed by atoms with van der Waals surface area (Å²) >= 11 is 6.68. The monoisotopic (exact) mass is 466 g/mol. The second-order valence-corrected chi connectivity index (χ2v) is 9.97. The van der Waals surface area contributed by atoms with Crippen molar-refractivity contribution in [1.29, 1.82) is 0 Å². The number of amides is 1. The molecular formula is C27H31ClN2O3. The Morgan fingerprint density at radius 1 is 1.12 bits per heavy atom. The molecule has 1 spiro atoms. The largest absolute Gasteiger partial charge is 0.449 e. The Kier molecular flexibility index (Phi) is 6.53. The van der Waals surface area contributed by atoms with Gasteiger partial charge in [0, 0.05) is 22.7 Å². The minimum absolute atomic E-state index is 0.0910. The van der Waals surface area contributed by atoms with Crippen LogP contribution in [0.1, 0.15) is 67.4 Å². The quantitative estimate of drug-likeness (QED) is 0.559. The molecular weight excluding hydrogens is 436 g/mol. The molecule has 0 aromatic heterocycles. The predicted octanol–water partition coefficient (Wildman–Crippen LogP) is 5.63. The van der Waals surface area contributed by atoms with Gasteiger partial charge in [-0.2, -0.15) is 0 Å². The summed E-state index contributed by atoms with van der Waals surface area (Å²) in [5.41, 5.74) is 10.8. The zero-order valence-corrected chi connectivity index (χ0v) is 20.2. The molecule has 174 valence electrons. The number of nitrogens with two attached hydrogens (primary N) is 1. The zero-order chi connectivity index (χ0) is 23.8. The third kappa shape index (κ3) is 4.51. The van der Waals surface area contributed by atoms with E-state index in [1.807, 2.05) is 25.1 Å². The van der Waals surface area contributed by atoms with Crippen molar-refractivity contribution in [1.82, 2.24) is 5.32 Å². The number of carbonyl (C=O) groups excluding carboxylic acids is 2. The molecule has 1 fully saturated rings. The first-order valence-electron chi connectivity index (χ1n) is 11.6. The Hall–Kier alpha value is -2.79. The molecule has 3 N–H and O–H groups in total. The smallest absolute Gasteiger partial charge is 0.341 e. The fourth-order valence-corrected chi connectivity index (χ4v) is 5.02. The number of nitrogens with one attached hydrogen (secondary N) is 1. The lowest BCUT2D eigenvalue weighted by atomic mass is 9.81. The molecule has 0 saturated heterocycles. The molecule has 0 unspecified atom stereocenters. The van der Waals surface area contributed by atoms with Crippen molar-refractivity contribution in [2.24, 2.45) is 11.7 Å². The molecule has 1 aliphatic carbocycles. The maximum absolute atomic E-state index is 12.8. The van der Waals surface area contributed by atoms with Crippen LogP contribution in [0.25, 0.3) is 16.7 Å². The lowest BCUT2D eigenvalue weighted by Gasteiger charge is -2.32. The van der Waals surface area contributed by atoms with Crippen LogP contribution >= 0.6 is 11.6 Å². The second-order valence-electron chi connectivity index (χ2n) is 9.56. The molecule has 5 nitrogen and oxygen atoms in total. The third-order valence-electron chi connectivity index (χ3n) is 6.63. The summed E-state index contributed by atoms with van der Waals surface area (Å²) in [6, 6.07) is 11.1. The zero-order valence-electron chi connectivity index (χ0n) is 19.5. The first kappa shape index (κ1) is 23.4. The van der Waals surface area contributed by atoms with Gasteiger partial charge in [-0.1, -0.05) is 44.0 Å². The first-order valence-corrected chi connectivity index (χ1v) is 12.0. The van der Waals surface area contributed by atoms with Gasteiger partial charge in [0.2, 0.25) is 0 Å². The number of carbonyl (C=O) groups is 2. The number of aryl methyl sites for hydroxylation is 1. The van der Waals surface area contributed by atoms with E-state index in [4.69, 9.17) is 22.1 Å². The van der Waals surface area contributed by atoms with Gasteiger partial charge in [0.1, 0.15) is 0 Å². The van der Waals surface area contributed by atoms with Crippen molar-refractivity contribution in [3.8, 4) is 11.1 Å². The van der Waals surface area contributed by atoms with Crippen molar-refractivity contribution in [3.05, 3.63) is 63.8 Å². The van der Waals surface area contributed by atoms with E-state index in [0.29, 0.717) is 34.3 Å². The van der Waals surface area contributed by atoms with Crippen LogP contribution < -0.4 is 11.1 Å². The van der Waals surface area contributed by atoms with Crippen LogP contribution in [0.15, 0.2) is 42.1 Å². The SMILES string of the molecule is Cc1cc(-c2ccc(C(=O)NCC(C)C)cc2)c(Cl)cc1C1=C(N)C2(CCCCC2)OC1=O. The van der Waals surface area contributed by atoms with E-state index in [9.17, 15) is 9.59 Å². The Labute approximate surface area is 200 Å². The molecule has 0 radical (unpaired) electrons. The lowest BCUT2D eigenvalue weighted by Crippen LogP contribution is -2.37. The van der Waals surface area contributed by atoms with Gasteiger partial charge in [-0.3, -0.25) is 4.79 Å². The highest BCUT2D eigenvalue weighted by atomic mass is 35.5. The molecule has 33 heavy (non-hydrogen) atoms. The molecule has 2 aromatic rings. The van der Waals surface area contributed by atoms with Crippen LogP contribution in [-0.2, 0) is 9.53 Å². The molecule has 2 aromatic carbocycles. The lowest BCUT2D eigenvalue weighted by molar-refractivity contribution is -0.147. The summed E-state index contributed by atoms with van der Waals surface area (Å²) < 4.78 is 5.83. The van der Waals surface area contributed by atoms with E-state index >= 15 is 0 Å². The summed E-state index contributed by atoms with van der Waals surface area (Å²) in [4.78, 5) is 25.1. The Morgan fingerprint density at radius 2 is 1.79 bits per heavy atom. The normalized spacial score (nSPS) is 17.5. The van der Waals surface area contributed by atoms with Crippen molar-refractivity contribution in [2.75, 3.05) is 6.54 Å². The number of rotatable bonds is 5. The average molecular weight is 467 g/mol. The summed E-state index contributed by atoms with van der Waals surface area (Å²) in [6.45, 7) is 6.70. The Balaban J connectivity index is 1.63. The highest BCUT2D eigenvalue weighted by molar-refractivity contribution is 6.34. The third-order valence-corrected chi connectivity index (χ3v) is 6.94. The van der Waals surface area contributed by atoms with Gasteiger partial charge < -0.3 is 15.8 Å². The minimum atomic E-state index is -0.659. The highest BCUT2D eigenvalue weighted by Crippen LogP contribution is 2.45. The number of benzene rings is 2. The molecule has 2 aliphatic rings. The average Bonchev–Trinajstić information content (AvgIpc) is 3.02. The van der Waals surface area contributed by atoms with Crippen LogP contribution in [0.2, 0.25) is 5.02 Å². The van der Waals surface area contributed by atoms with Crippen LogP contribution in [0.5, 0.6) is 0 Å². The number of esters is 1. The molecule has 4 rings (SSSR count). The summed E-state index contributed by atoms with van der Waals surface area (Å²) in [5, 5.41) is 3.44. The minimum Gasteiger partial charge on any atom is -0.449 e. The molecule has 0 atom stereocenters. The van der Waals surface area contributed by atoms with Crippen molar-refractivity contribution < 1.29 is 14.3 Å². The maximum atomic E-state index is 12.8. The number of halogens is 1. The molecule has 1 heterocycles. The first-order chi connectivity index (χ1) is 15.7. The summed E-state index contributed by atoms with van der Waals surface area (Å²) in [5.74, 6) is -0.0624. The molecule has 6 heteroatoms. The van der Waals surface area contributed by atoms with Crippen LogP contribution in [0.3, 0.4) is 0 Å². The topological polar surface area (TPSA) is 81.4 Å². The van der Waals surface area contributed by atoms with E-state index in [1.165, 1.54) is 0 Å². The van der Waals surface area contributed by atoms with Gasteiger partial charge in [0.15, 0.2) is 5.60 Å². The molecule has 1 saturated carbocycles. The van der Waals surface area contributed by atoms with E-state index in [-0.39, 0.29) is 11.9 Å². The van der Waals surface area contributed by atoms with Crippen molar-refractivity contribution >= 4 is 29.1 Å². The van der Waals surface area contributed by atoms with E-state index in [2.05, 4.69) is 19.2 Å². The van der Waals surface area contributed by atoms with E-state index in [1.54, 1.807) is 18.2 Å². The van der Waals surface area contributed by atoms with Gasteiger partial charge in [-0.15, -0.1) is 0 Å². The molecule has 1 aliphatic heterocycles. The van der Waals surface area contributed by atoms with Crippen LogP contribution in [-0.4, -0.2) is 24.0 Å².